The molecular weight excluding hydrogens is 430 g/mol. The van der Waals surface area contributed by atoms with E-state index in [1.807, 2.05) is 30.3 Å². The van der Waals surface area contributed by atoms with Crippen molar-refractivity contribution in [2.24, 2.45) is 5.92 Å². The lowest BCUT2D eigenvalue weighted by molar-refractivity contribution is -0.123. The number of benzene rings is 1. The van der Waals surface area contributed by atoms with Gasteiger partial charge in [0.05, 0.1) is 5.75 Å². The van der Waals surface area contributed by atoms with E-state index in [9.17, 15) is 18.0 Å². The van der Waals surface area contributed by atoms with Crippen molar-refractivity contribution in [3.05, 3.63) is 35.9 Å². The van der Waals surface area contributed by atoms with Gasteiger partial charge in [0, 0.05) is 12.8 Å². The molecule has 1 atom stereocenters. The summed E-state index contributed by atoms with van der Waals surface area (Å²) in [5, 5.41) is 5.33. The topological polar surface area (TPSA) is 105 Å². The monoisotopic (exact) mass is 467 g/mol. The molecule has 8 nitrogen and oxygen atoms in total. The molecule has 1 unspecified atom stereocenters. The molecule has 1 heterocycles. The molecule has 1 aliphatic rings. The van der Waals surface area contributed by atoms with E-state index < -0.39 is 27.9 Å². The van der Waals surface area contributed by atoms with Crippen molar-refractivity contribution in [1.82, 2.24) is 15.5 Å². The molecule has 1 aromatic rings. The number of piperidine rings is 1. The van der Waals surface area contributed by atoms with Gasteiger partial charge < -0.3 is 20.3 Å². The summed E-state index contributed by atoms with van der Waals surface area (Å²) in [4.78, 5) is 27.2. The maximum atomic E-state index is 12.6. The smallest absolute Gasteiger partial charge is 0.408 e. The molecule has 0 saturated carbocycles. The number of carbonyl (C=O) groups is 2. The Balaban J connectivity index is 1.74. The number of amides is 2. The van der Waals surface area contributed by atoms with E-state index in [1.165, 1.54) is 12.8 Å². The molecule has 0 bridgehead atoms. The van der Waals surface area contributed by atoms with Crippen molar-refractivity contribution in [3.63, 3.8) is 0 Å². The predicted molar refractivity (Wildman–Crippen MR) is 125 cm³/mol. The number of nitrogens with zero attached hydrogens (tertiary/aromatic N) is 1. The minimum atomic E-state index is -3.27. The Labute approximate surface area is 192 Å². The van der Waals surface area contributed by atoms with Gasteiger partial charge in [0.2, 0.25) is 5.91 Å². The number of nitrogens with one attached hydrogen (secondary N) is 2. The van der Waals surface area contributed by atoms with Crippen LogP contribution in [0.25, 0.3) is 0 Å². The number of carbonyl (C=O) groups excluding carboxylic acids is 2. The normalized spacial score (nSPS) is 16.3. The van der Waals surface area contributed by atoms with E-state index in [-0.39, 0.29) is 18.8 Å². The summed E-state index contributed by atoms with van der Waals surface area (Å²) in [6.07, 6.45) is 4.65. The van der Waals surface area contributed by atoms with Gasteiger partial charge in [0.25, 0.3) is 0 Å². The minimum Gasteiger partial charge on any atom is -0.445 e. The number of unbranched alkanes of at least 4 members (excludes halogenated alkanes) is 1. The first-order valence-electron chi connectivity index (χ1n) is 11.4. The first kappa shape index (κ1) is 26.1. The van der Waals surface area contributed by atoms with Crippen LogP contribution in [0.5, 0.6) is 0 Å². The van der Waals surface area contributed by atoms with Crippen LogP contribution in [-0.4, -0.2) is 69.5 Å². The Bertz CT molecular complexity index is 808. The number of rotatable bonds is 12. The predicted octanol–water partition coefficient (Wildman–Crippen LogP) is 2.34. The molecule has 2 rings (SSSR count). The summed E-state index contributed by atoms with van der Waals surface area (Å²) < 4.78 is 28.3. The third-order valence-corrected chi connectivity index (χ3v) is 6.65. The van der Waals surface area contributed by atoms with Gasteiger partial charge >= 0.3 is 6.09 Å². The highest BCUT2D eigenvalue weighted by Crippen LogP contribution is 2.16. The highest BCUT2D eigenvalue weighted by molar-refractivity contribution is 7.90. The second-order valence-electron chi connectivity index (χ2n) is 8.70. The number of likely N-dealkylation sites (tertiary alicyclic amines) is 1. The van der Waals surface area contributed by atoms with Crippen LogP contribution in [0.4, 0.5) is 4.79 Å². The molecule has 0 radical (unpaired) electrons. The molecule has 32 heavy (non-hydrogen) atoms. The average molecular weight is 468 g/mol. The van der Waals surface area contributed by atoms with Crippen molar-refractivity contribution in [2.45, 2.75) is 51.7 Å². The van der Waals surface area contributed by atoms with Crippen LogP contribution < -0.4 is 10.6 Å². The number of hydrogen-bond acceptors (Lipinski definition) is 6. The Morgan fingerprint density at radius 3 is 2.50 bits per heavy atom. The minimum absolute atomic E-state index is 0.00291. The largest absolute Gasteiger partial charge is 0.445 e. The van der Waals surface area contributed by atoms with Crippen LogP contribution >= 0.6 is 0 Å². The zero-order valence-corrected chi connectivity index (χ0v) is 20.0. The maximum absolute atomic E-state index is 12.6. The Morgan fingerprint density at radius 2 is 1.84 bits per heavy atom. The first-order chi connectivity index (χ1) is 15.2. The lowest BCUT2D eigenvalue weighted by atomic mass is 9.99. The van der Waals surface area contributed by atoms with Crippen LogP contribution in [0, 0.1) is 5.92 Å². The summed E-state index contributed by atoms with van der Waals surface area (Å²) in [6.45, 7) is 6.14. The number of ether oxygens (including phenoxy) is 1. The Kier molecular flexibility index (Phi) is 11.0. The van der Waals surface area contributed by atoms with E-state index in [4.69, 9.17) is 4.74 Å². The zero-order chi connectivity index (χ0) is 23.4. The van der Waals surface area contributed by atoms with E-state index in [1.54, 1.807) is 0 Å². The summed E-state index contributed by atoms with van der Waals surface area (Å²) in [7, 11) is -3.27. The molecule has 0 spiro atoms. The van der Waals surface area contributed by atoms with E-state index >= 15 is 0 Å². The molecule has 0 aromatic heterocycles. The molecule has 1 fully saturated rings. The van der Waals surface area contributed by atoms with Crippen LogP contribution in [0.2, 0.25) is 0 Å². The lowest BCUT2D eigenvalue weighted by Gasteiger charge is -2.30. The fraction of sp³-hybridized carbons (Fsp3) is 0.652. The fourth-order valence-corrected chi connectivity index (χ4v) is 4.25. The highest BCUT2D eigenvalue weighted by Gasteiger charge is 2.23. The molecule has 180 valence electrons. The van der Waals surface area contributed by atoms with Crippen molar-refractivity contribution >= 4 is 21.8 Å². The molecule has 0 aliphatic carbocycles. The van der Waals surface area contributed by atoms with Crippen LogP contribution in [0.1, 0.15) is 44.6 Å². The quantitative estimate of drug-likeness (QED) is 0.457. The SMILES string of the molecule is CC1CCN(CCCCNC(=O)C(CCS(C)(=O)=O)NC(=O)OCc2ccccc2)CC1. The van der Waals surface area contributed by atoms with Gasteiger partial charge in [-0.15, -0.1) is 0 Å². The first-order valence-corrected chi connectivity index (χ1v) is 13.4. The molecule has 1 aliphatic heterocycles. The summed E-state index contributed by atoms with van der Waals surface area (Å²) >= 11 is 0. The zero-order valence-electron chi connectivity index (χ0n) is 19.2. The van der Waals surface area contributed by atoms with Gasteiger partial charge in [-0.3, -0.25) is 4.79 Å². The summed E-state index contributed by atoms with van der Waals surface area (Å²) in [5.41, 5.74) is 0.822. The van der Waals surface area contributed by atoms with Gasteiger partial charge in [-0.05, 0) is 63.2 Å². The molecular formula is C23H37N3O5S. The number of alkyl carbamates (subject to hydrolysis) is 1. The molecule has 9 heteroatoms. The molecule has 2 amide bonds. The van der Waals surface area contributed by atoms with E-state index in [0.29, 0.717) is 6.54 Å². The number of sulfone groups is 1. The van der Waals surface area contributed by atoms with Crippen molar-refractivity contribution < 1.29 is 22.7 Å². The van der Waals surface area contributed by atoms with Gasteiger partial charge in [-0.2, -0.15) is 0 Å². The lowest BCUT2D eigenvalue weighted by Crippen LogP contribution is -2.48. The van der Waals surface area contributed by atoms with Crippen molar-refractivity contribution in [2.75, 3.05) is 38.2 Å². The maximum Gasteiger partial charge on any atom is 0.408 e. The Hall–Kier alpha value is -2.13. The van der Waals surface area contributed by atoms with Crippen molar-refractivity contribution in [1.29, 1.82) is 0 Å². The molecule has 1 saturated heterocycles. The third kappa shape index (κ3) is 10.9. The Morgan fingerprint density at radius 1 is 1.16 bits per heavy atom. The third-order valence-electron chi connectivity index (χ3n) is 5.68. The van der Waals surface area contributed by atoms with E-state index in [0.717, 1.165) is 50.2 Å². The highest BCUT2D eigenvalue weighted by atomic mass is 32.2. The second-order valence-corrected chi connectivity index (χ2v) is 11.0. The van der Waals surface area contributed by atoms with Crippen LogP contribution in [0.15, 0.2) is 30.3 Å². The average Bonchev–Trinajstić information content (AvgIpc) is 2.76. The summed E-state index contributed by atoms with van der Waals surface area (Å²) in [5.74, 6) is 0.218. The van der Waals surface area contributed by atoms with E-state index in [2.05, 4.69) is 22.5 Å². The van der Waals surface area contributed by atoms with Gasteiger partial charge in [-0.25, -0.2) is 13.2 Å². The fourth-order valence-electron chi connectivity index (χ4n) is 3.59. The van der Waals surface area contributed by atoms with Crippen LogP contribution in [0.3, 0.4) is 0 Å². The second kappa shape index (κ2) is 13.4. The van der Waals surface area contributed by atoms with Crippen molar-refractivity contribution in [3.8, 4) is 0 Å². The van der Waals surface area contributed by atoms with Gasteiger partial charge in [0.15, 0.2) is 0 Å². The number of hydrogen-bond donors (Lipinski definition) is 2. The molecule has 1 aromatic carbocycles. The van der Waals surface area contributed by atoms with Gasteiger partial charge in [0.1, 0.15) is 22.5 Å². The van der Waals surface area contributed by atoms with Crippen LogP contribution in [-0.2, 0) is 26.0 Å². The summed E-state index contributed by atoms with van der Waals surface area (Å²) in [6, 6.07) is 8.23. The standard InChI is InChI=1S/C23H37N3O5S/c1-19-10-15-26(16-11-19)14-7-6-13-24-22(27)21(12-17-32(2,29)30)25-23(28)31-18-20-8-4-3-5-9-20/h3-5,8-9,19,21H,6-7,10-18H2,1-2H3,(H,24,27)(H,25,28). The van der Waals surface area contributed by atoms with Gasteiger partial charge in [-0.1, -0.05) is 37.3 Å². The molecule has 2 N–H and O–H groups in total.